The molecule has 6 heteroatoms. The summed E-state index contributed by atoms with van der Waals surface area (Å²) in [4.78, 5) is 6.76. The summed E-state index contributed by atoms with van der Waals surface area (Å²) >= 11 is 0. The lowest BCUT2D eigenvalue weighted by atomic mass is 10.1. The van der Waals surface area contributed by atoms with Gasteiger partial charge in [0.15, 0.2) is 17.5 Å². The Hall–Kier alpha value is -1.82. The largest absolute Gasteiger partial charge is 0.486 e. The molecule has 2 unspecified atom stereocenters. The van der Waals surface area contributed by atoms with Crippen LogP contribution in [0, 0.1) is 11.7 Å². The zero-order valence-electron chi connectivity index (χ0n) is 15.6. The van der Waals surface area contributed by atoms with Crippen molar-refractivity contribution in [3.05, 3.63) is 30.1 Å². The van der Waals surface area contributed by atoms with Gasteiger partial charge in [0.05, 0.1) is 6.54 Å². The van der Waals surface area contributed by atoms with E-state index in [9.17, 15) is 4.39 Å². The van der Waals surface area contributed by atoms with Gasteiger partial charge in [0.2, 0.25) is 0 Å². The second-order valence-corrected chi connectivity index (χ2v) is 6.81. The molecule has 0 saturated carbocycles. The van der Waals surface area contributed by atoms with E-state index in [-0.39, 0.29) is 17.7 Å². The standard InChI is InChI=1S/C19H31FN4O/c1-15(14-24-10-6-7-11-24)12-22-19(21-3)23-13-16(2)25-18-9-5-4-8-17(18)20/h4-5,8-9,15-16H,6-7,10-14H2,1-3H3,(H2,21,22,23). The lowest BCUT2D eigenvalue weighted by Gasteiger charge is -2.22. The Morgan fingerprint density at radius 1 is 1.20 bits per heavy atom. The van der Waals surface area contributed by atoms with Crippen LogP contribution in [0.1, 0.15) is 26.7 Å². The smallest absolute Gasteiger partial charge is 0.191 e. The quantitative estimate of drug-likeness (QED) is 0.559. The Bertz CT molecular complexity index is 546. The monoisotopic (exact) mass is 350 g/mol. The highest BCUT2D eigenvalue weighted by Crippen LogP contribution is 2.16. The predicted molar refractivity (Wildman–Crippen MR) is 101 cm³/mol. The minimum atomic E-state index is -0.340. The predicted octanol–water partition coefficient (Wildman–Crippen LogP) is 2.49. The van der Waals surface area contributed by atoms with Crippen LogP contribution in [0.4, 0.5) is 4.39 Å². The molecule has 1 heterocycles. The Balaban J connectivity index is 1.67. The van der Waals surface area contributed by atoms with E-state index >= 15 is 0 Å². The second-order valence-electron chi connectivity index (χ2n) is 6.81. The van der Waals surface area contributed by atoms with E-state index in [0.29, 0.717) is 12.5 Å². The number of nitrogens with zero attached hydrogens (tertiary/aromatic N) is 2. The summed E-state index contributed by atoms with van der Waals surface area (Å²) in [6, 6.07) is 6.46. The average molecular weight is 350 g/mol. The van der Waals surface area contributed by atoms with Gasteiger partial charge in [-0.25, -0.2) is 4.39 Å². The summed E-state index contributed by atoms with van der Waals surface area (Å²) in [6.07, 6.45) is 2.48. The van der Waals surface area contributed by atoms with Gasteiger partial charge in [-0.3, -0.25) is 4.99 Å². The number of guanidine groups is 1. The van der Waals surface area contributed by atoms with Crippen molar-refractivity contribution in [1.29, 1.82) is 0 Å². The molecule has 0 spiro atoms. The number of hydrogen-bond donors (Lipinski definition) is 2. The molecule has 0 radical (unpaired) electrons. The van der Waals surface area contributed by atoms with Gasteiger partial charge in [-0.05, 0) is 50.9 Å². The first-order chi connectivity index (χ1) is 12.1. The number of rotatable bonds is 8. The Morgan fingerprint density at radius 3 is 2.56 bits per heavy atom. The molecular weight excluding hydrogens is 319 g/mol. The summed E-state index contributed by atoms with van der Waals surface area (Å²) in [5, 5.41) is 6.59. The molecule has 1 saturated heterocycles. The molecule has 1 aliphatic rings. The van der Waals surface area contributed by atoms with Gasteiger partial charge < -0.3 is 20.3 Å². The molecule has 2 atom stereocenters. The van der Waals surface area contributed by atoms with Crippen molar-refractivity contribution in [3.63, 3.8) is 0 Å². The number of likely N-dealkylation sites (tertiary alicyclic amines) is 1. The van der Waals surface area contributed by atoms with Crippen LogP contribution < -0.4 is 15.4 Å². The first-order valence-corrected chi connectivity index (χ1v) is 9.16. The molecule has 25 heavy (non-hydrogen) atoms. The molecule has 0 amide bonds. The SMILES string of the molecule is CN=C(NCC(C)CN1CCCC1)NCC(C)Oc1ccccc1F. The number of nitrogens with one attached hydrogen (secondary N) is 2. The van der Waals surface area contributed by atoms with Gasteiger partial charge in [-0.15, -0.1) is 0 Å². The molecule has 140 valence electrons. The average Bonchev–Trinajstić information content (AvgIpc) is 3.10. The third-order valence-corrected chi connectivity index (χ3v) is 4.33. The summed E-state index contributed by atoms with van der Waals surface area (Å²) in [7, 11) is 1.75. The van der Waals surface area contributed by atoms with Crippen molar-refractivity contribution in [1.82, 2.24) is 15.5 Å². The van der Waals surface area contributed by atoms with Crippen LogP contribution in [-0.4, -0.2) is 56.7 Å². The summed E-state index contributed by atoms with van der Waals surface area (Å²) in [5.41, 5.74) is 0. The van der Waals surface area contributed by atoms with Gasteiger partial charge in [0.25, 0.3) is 0 Å². The van der Waals surface area contributed by atoms with Crippen LogP contribution in [0.25, 0.3) is 0 Å². The lowest BCUT2D eigenvalue weighted by molar-refractivity contribution is 0.214. The number of ether oxygens (including phenoxy) is 1. The summed E-state index contributed by atoms with van der Waals surface area (Å²) in [5.74, 6) is 1.24. The van der Waals surface area contributed by atoms with Gasteiger partial charge in [0.1, 0.15) is 6.10 Å². The van der Waals surface area contributed by atoms with Crippen LogP contribution in [-0.2, 0) is 0 Å². The van der Waals surface area contributed by atoms with E-state index in [4.69, 9.17) is 4.74 Å². The van der Waals surface area contributed by atoms with Crippen molar-refractivity contribution in [2.75, 3.05) is 39.8 Å². The first-order valence-electron chi connectivity index (χ1n) is 9.16. The second kappa shape index (κ2) is 10.2. The van der Waals surface area contributed by atoms with E-state index in [2.05, 4.69) is 27.4 Å². The topological polar surface area (TPSA) is 48.9 Å². The van der Waals surface area contributed by atoms with Crippen molar-refractivity contribution in [2.24, 2.45) is 10.9 Å². The zero-order chi connectivity index (χ0) is 18.1. The van der Waals surface area contributed by atoms with E-state index in [1.807, 2.05) is 6.92 Å². The molecule has 2 rings (SSSR count). The Labute approximate surface area is 150 Å². The first kappa shape index (κ1) is 19.5. The minimum Gasteiger partial charge on any atom is -0.486 e. The number of aliphatic imine (C=N–C) groups is 1. The fraction of sp³-hybridized carbons (Fsp3) is 0.632. The number of benzene rings is 1. The van der Waals surface area contributed by atoms with Gasteiger partial charge >= 0.3 is 0 Å². The van der Waals surface area contributed by atoms with Crippen molar-refractivity contribution >= 4 is 5.96 Å². The van der Waals surface area contributed by atoms with E-state index in [1.54, 1.807) is 25.2 Å². The molecule has 1 fully saturated rings. The Morgan fingerprint density at radius 2 is 1.88 bits per heavy atom. The molecule has 1 aromatic rings. The van der Waals surface area contributed by atoms with Gasteiger partial charge in [-0.2, -0.15) is 0 Å². The summed E-state index contributed by atoms with van der Waals surface area (Å²) in [6.45, 7) is 9.15. The fourth-order valence-corrected chi connectivity index (χ4v) is 3.00. The highest BCUT2D eigenvalue weighted by atomic mass is 19.1. The van der Waals surface area contributed by atoms with E-state index in [0.717, 1.165) is 19.0 Å². The van der Waals surface area contributed by atoms with Crippen molar-refractivity contribution in [3.8, 4) is 5.75 Å². The van der Waals surface area contributed by atoms with Crippen molar-refractivity contribution in [2.45, 2.75) is 32.8 Å². The molecule has 0 aliphatic carbocycles. The fourth-order valence-electron chi connectivity index (χ4n) is 3.00. The van der Waals surface area contributed by atoms with Crippen LogP contribution in [0.5, 0.6) is 5.75 Å². The van der Waals surface area contributed by atoms with E-state index < -0.39 is 0 Å². The van der Waals surface area contributed by atoms with Crippen LogP contribution >= 0.6 is 0 Å². The number of hydrogen-bond acceptors (Lipinski definition) is 3. The normalized spacial score (nSPS) is 18.0. The van der Waals surface area contributed by atoms with Crippen LogP contribution in [0.3, 0.4) is 0 Å². The molecule has 2 N–H and O–H groups in total. The zero-order valence-corrected chi connectivity index (χ0v) is 15.6. The molecule has 1 aliphatic heterocycles. The molecular formula is C19H31FN4O. The number of halogens is 1. The molecule has 1 aromatic carbocycles. The maximum Gasteiger partial charge on any atom is 0.191 e. The molecule has 0 bridgehead atoms. The van der Waals surface area contributed by atoms with Crippen molar-refractivity contribution < 1.29 is 9.13 Å². The highest BCUT2D eigenvalue weighted by Gasteiger charge is 2.15. The lowest BCUT2D eigenvalue weighted by Crippen LogP contribution is -2.44. The summed E-state index contributed by atoms with van der Waals surface area (Å²) < 4.78 is 19.2. The third kappa shape index (κ3) is 6.90. The highest BCUT2D eigenvalue weighted by molar-refractivity contribution is 5.79. The molecule has 0 aromatic heterocycles. The van der Waals surface area contributed by atoms with Gasteiger partial charge in [0, 0.05) is 20.1 Å². The molecule has 5 nitrogen and oxygen atoms in total. The van der Waals surface area contributed by atoms with E-state index in [1.165, 1.54) is 32.0 Å². The minimum absolute atomic E-state index is 0.169. The number of para-hydroxylation sites is 1. The van der Waals surface area contributed by atoms with Gasteiger partial charge in [-0.1, -0.05) is 19.1 Å². The van der Waals surface area contributed by atoms with Crippen LogP contribution in [0.2, 0.25) is 0 Å². The third-order valence-electron chi connectivity index (χ3n) is 4.33. The van der Waals surface area contributed by atoms with Crippen LogP contribution in [0.15, 0.2) is 29.3 Å². The maximum atomic E-state index is 13.6. The Kier molecular flexibility index (Phi) is 7.98. The maximum absolute atomic E-state index is 13.6.